The second kappa shape index (κ2) is 7.15. The van der Waals surface area contributed by atoms with Crippen molar-refractivity contribution in [1.82, 2.24) is 5.32 Å². The maximum absolute atomic E-state index is 12.9. The molecule has 1 saturated carbocycles. The molecular weight excluding hydrogens is 388 g/mol. The van der Waals surface area contributed by atoms with Crippen molar-refractivity contribution in [2.75, 3.05) is 6.61 Å². The van der Waals surface area contributed by atoms with E-state index >= 15 is 0 Å². The van der Waals surface area contributed by atoms with Crippen molar-refractivity contribution in [1.29, 1.82) is 0 Å². The molecule has 1 amide bonds. The highest BCUT2D eigenvalue weighted by atomic mass is 32.2. The highest BCUT2D eigenvalue weighted by Gasteiger charge is 2.61. The van der Waals surface area contributed by atoms with Crippen molar-refractivity contribution < 1.29 is 17.9 Å². The second-order valence-corrected chi connectivity index (χ2v) is 9.89. The summed E-state index contributed by atoms with van der Waals surface area (Å²) in [7, 11) is -3.76. The van der Waals surface area contributed by atoms with Crippen LogP contribution in [-0.4, -0.2) is 20.9 Å². The van der Waals surface area contributed by atoms with Crippen LogP contribution in [0.2, 0.25) is 0 Å². The van der Waals surface area contributed by atoms with Gasteiger partial charge in [0.2, 0.25) is 15.9 Å². The minimum atomic E-state index is -3.76. The number of amides is 1. The van der Waals surface area contributed by atoms with Gasteiger partial charge in [-0.05, 0) is 48.1 Å². The molecule has 7 heteroatoms. The van der Waals surface area contributed by atoms with Crippen LogP contribution in [0.4, 0.5) is 0 Å². The Kier molecular flexibility index (Phi) is 4.91. The SMILES string of the molecule is CC(C)c1ccc2c(c1)[C@]1(CCO2)C[C@H]1C(=O)NCc1cccc(S(N)(=O)=O)c1. The van der Waals surface area contributed by atoms with E-state index in [1.54, 1.807) is 12.1 Å². The Hall–Kier alpha value is -2.38. The fraction of sp³-hybridized carbons (Fsp3) is 0.409. The van der Waals surface area contributed by atoms with E-state index in [0.29, 0.717) is 18.1 Å². The summed E-state index contributed by atoms with van der Waals surface area (Å²) < 4.78 is 28.9. The van der Waals surface area contributed by atoms with Crippen molar-refractivity contribution in [3.05, 3.63) is 59.2 Å². The van der Waals surface area contributed by atoms with Gasteiger partial charge in [0.1, 0.15) is 5.75 Å². The van der Waals surface area contributed by atoms with Gasteiger partial charge in [-0.3, -0.25) is 4.79 Å². The molecule has 2 aliphatic rings. The quantitative estimate of drug-likeness (QED) is 0.786. The number of carbonyl (C=O) groups is 1. The Bertz CT molecular complexity index is 1060. The number of nitrogens with two attached hydrogens (primary N) is 1. The molecule has 3 N–H and O–H groups in total. The van der Waals surface area contributed by atoms with E-state index in [1.807, 2.05) is 6.07 Å². The molecule has 2 aromatic rings. The van der Waals surface area contributed by atoms with Crippen molar-refractivity contribution in [2.24, 2.45) is 11.1 Å². The summed E-state index contributed by atoms with van der Waals surface area (Å²) in [5.41, 5.74) is 2.95. The number of rotatable bonds is 5. The lowest BCUT2D eigenvalue weighted by Gasteiger charge is -2.28. The van der Waals surface area contributed by atoms with Gasteiger partial charge in [0.25, 0.3) is 0 Å². The smallest absolute Gasteiger partial charge is 0.238 e. The second-order valence-electron chi connectivity index (χ2n) is 8.33. The van der Waals surface area contributed by atoms with Crippen molar-refractivity contribution in [3.63, 3.8) is 0 Å². The molecule has 1 aliphatic heterocycles. The van der Waals surface area contributed by atoms with E-state index in [4.69, 9.17) is 9.88 Å². The van der Waals surface area contributed by atoms with Gasteiger partial charge in [0, 0.05) is 23.4 Å². The average molecular weight is 415 g/mol. The summed E-state index contributed by atoms with van der Waals surface area (Å²) in [5.74, 6) is 1.20. The van der Waals surface area contributed by atoms with Gasteiger partial charge in [0.05, 0.1) is 11.5 Å². The molecule has 2 atom stereocenters. The third-order valence-electron chi connectivity index (χ3n) is 6.10. The molecule has 1 spiro atoms. The Balaban J connectivity index is 1.49. The number of nitrogens with one attached hydrogen (secondary N) is 1. The molecule has 2 aromatic carbocycles. The number of hydrogen-bond acceptors (Lipinski definition) is 4. The Morgan fingerprint density at radius 3 is 2.79 bits per heavy atom. The summed E-state index contributed by atoms with van der Waals surface area (Å²) in [6, 6.07) is 12.7. The number of carbonyl (C=O) groups excluding carboxylic acids is 1. The maximum Gasteiger partial charge on any atom is 0.238 e. The number of primary sulfonamides is 1. The molecule has 1 heterocycles. The Labute approximate surface area is 171 Å². The molecule has 0 radical (unpaired) electrons. The van der Waals surface area contributed by atoms with E-state index in [9.17, 15) is 13.2 Å². The Morgan fingerprint density at radius 2 is 2.07 bits per heavy atom. The lowest BCUT2D eigenvalue weighted by atomic mass is 9.85. The summed E-state index contributed by atoms with van der Waals surface area (Å²) >= 11 is 0. The fourth-order valence-electron chi connectivity index (χ4n) is 4.27. The molecule has 29 heavy (non-hydrogen) atoms. The van der Waals surface area contributed by atoms with Crippen LogP contribution in [0.3, 0.4) is 0 Å². The van der Waals surface area contributed by atoms with E-state index in [1.165, 1.54) is 17.7 Å². The molecule has 154 valence electrons. The highest BCUT2D eigenvalue weighted by molar-refractivity contribution is 7.89. The lowest BCUT2D eigenvalue weighted by Crippen LogP contribution is -2.31. The van der Waals surface area contributed by atoms with E-state index in [0.717, 1.165) is 24.2 Å². The number of hydrogen-bond donors (Lipinski definition) is 2. The minimum Gasteiger partial charge on any atom is -0.493 e. The molecular formula is C22H26N2O4S. The van der Waals surface area contributed by atoms with E-state index in [2.05, 4.69) is 31.3 Å². The van der Waals surface area contributed by atoms with Crippen LogP contribution in [0, 0.1) is 5.92 Å². The third kappa shape index (κ3) is 3.76. The van der Waals surface area contributed by atoms with Gasteiger partial charge in [-0.2, -0.15) is 0 Å². The zero-order valence-corrected chi connectivity index (χ0v) is 17.5. The summed E-state index contributed by atoms with van der Waals surface area (Å²) in [6.07, 6.45) is 1.65. The first-order valence-corrected chi connectivity index (χ1v) is 11.4. The monoisotopic (exact) mass is 414 g/mol. The van der Waals surface area contributed by atoms with Crippen LogP contribution in [-0.2, 0) is 26.8 Å². The zero-order valence-electron chi connectivity index (χ0n) is 16.6. The van der Waals surface area contributed by atoms with Crippen LogP contribution < -0.4 is 15.2 Å². The maximum atomic E-state index is 12.9. The van der Waals surface area contributed by atoms with Crippen molar-refractivity contribution >= 4 is 15.9 Å². The van der Waals surface area contributed by atoms with E-state index in [-0.39, 0.29) is 28.7 Å². The molecule has 0 saturated heterocycles. The summed E-state index contributed by atoms with van der Waals surface area (Å²) in [4.78, 5) is 12.9. The average Bonchev–Trinajstić information content (AvgIpc) is 3.40. The molecule has 0 bridgehead atoms. The first kappa shape index (κ1) is 19.9. The standard InChI is InChI=1S/C22H26N2O4S/c1-14(2)16-6-7-20-18(11-16)22(8-9-28-20)12-19(22)21(25)24-13-15-4-3-5-17(10-15)29(23,26)27/h3-7,10-11,14,19H,8-9,12-13H2,1-2H3,(H,24,25)(H2,23,26,27)/t19-,22-/m0/s1. The van der Waals surface area contributed by atoms with Crippen LogP contribution in [0.5, 0.6) is 5.75 Å². The van der Waals surface area contributed by atoms with Crippen LogP contribution in [0.1, 0.15) is 49.3 Å². The first-order valence-electron chi connectivity index (χ1n) is 9.87. The molecule has 0 unspecified atom stereocenters. The van der Waals surface area contributed by atoms with Crippen molar-refractivity contribution in [3.8, 4) is 5.75 Å². The van der Waals surface area contributed by atoms with E-state index < -0.39 is 10.0 Å². The van der Waals surface area contributed by atoms with Gasteiger partial charge in [-0.15, -0.1) is 0 Å². The van der Waals surface area contributed by atoms with Crippen LogP contribution in [0.15, 0.2) is 47.4 Å². The predicted molar refractivity (Wildman–Crippen MR) is 110 cm³/mol. The minimum absolute atomic E-state index is 0.00573. The highest BCUT2D eigenvalue weighted by Crippen LogP contribution is 2.61. The van der Waals surface area contributed by atoms with Crippen LogP contribution >= 0.6 is 0 Å². The molecule has 6 nitrogen and oxygen atoms in total. The number of sulfonamides is 1. The summed E-state index contributed by atoms with van der Waals surface area (Å²) in [5, 5.41) is 8.15. The molecule has 4 rings (SSSR count). The Morgan fingerprint density at radius 1 is 1.28 bits per heavy atom. The molecule has 1 fully saturated rings. The third-order valence-corrected chi connectivity index (χ3v) is 7.01. The number of ether oxygens (including phenoxy) is 1. The van der Waals surface area contributed by atoms with Gasteiger partial charge in [-0.1, -0.05) is 38.1 Å². The van der Waals surface area contributed by atoms with Gasteiger partial charge in [0.15, 0.2) is 0 Å². The first-order chi connectivity index (χ1) is 13.7. The summed E-state index contributed by atoms with van der Waals surface area (Å²) in [6.45, 7) is 5.20. The van der Waals surface area contributed by atoms with Crippen LogP contribution in [0.25, 0.3) is 0 Å². The van der Waals surface area contributed by atoms with Gasteiger partial charge >= 0.3 is 0 Å². The lowest BCUT2D eigenvalue weighted by molar-refractivity contribution is -0.123. The molecule has 1 aliphatic carbocycles. The number of fused-ring (bicyclic) bond motifs is 2. The topological polar surface area (TPSA) is 98.5 Å². The molecule has 0 aromatic heterocycles. The van der Waals surface area contributed by atoms with Crippen molar-refractivity contribution in [2.45, 2.75) is 49.5 Å². The van der Waals surface area contributed by atoms with Gasteiger partial charge in [-0.25, -0.2) is 13.6 Å². The normalized spacial score (nSPS) is 22.8. The largest absolute Gasteiger partial charge is 0.493 e. The zero-order chi connectivity index (χ0) is 20.8. The van der Waals surface area contributed by atoms with Gasteiger partial charge < -0.3 is 10.1 Å². The number of benzene rings is 2. The predicted octanol–water partition coefficient (Wildman–Crippen LogP) is 2.81. The fourth-order valence-corrected chi connectivity index (χ4v) is 4.85.